The molecule has 0 radical (unpaired) electrons. The van der Waals surface area contributed by atoms with Crippen LogP contribution >= 0.6 is 0 Å². The van der Waals surface area contributed by atoms with E-state index in [0.717, 1.165) is 30.0 Å². The molecule has 2 rings (SSSR count). The van der Waals surface area contributed by atoms with Crippen molar-refractivity contribution in [3.05, 3.63) is 0 Å². The van der Waals surface area contributed by atoms with Crippen molar-refractivity contribution in [3.63, 3.8) is 0 Å². The summed E-state index contributed by atoms with van der Waals surface area (Å²) in [6.07, 6.45) is 6.97. The van der Waals surface area contributed by atoms with Crippen LogP contribution in [-0.2, 0) is 0 Å². The molecule has 2 heteroatoms. The molecule has 1 aliphatic heterocycles. The van der Waals surface area contributed by atoms with E-state index < -0.39 is 0 Å². The lowest BCUT2D eigenvalue weighted by molar-refractivity contribution is 0.0302. The smallest absolute Gasteiger partial charge is 0.0254 e. The molecule has 0 aromatic heterocycles. The quantitative estimate of drug-likeness (QED) is 0.796. The topological polar surface area (TPSA) is 15.3 Å². The van der Waals surface area contributed by atoms with E-state index in [1.807, 2.05) is 0 Å². The van der Waals surface area contributed by atoms with Crippen LogP contribution in [0.2, 0.25) is 0 Å². The summed E-state index contributed by atoms with van der Waals surface area (Å²) in [6, 6.07) is 2.29. The number of hydrogen-bond acceptors (Lipinski definition) is 2. The van der Waals surface area contributed by atoms with Crippen LogP contribution in [0.5, 0.6) is 0 Å². The van der Waals surface area contributed by atoms with Crippen LogP contribution in [-0.4, -0.2) is 36.6 Å². The van der Waals surface area contributed by atoms with Crippen molar-refractivity contribution in [1.29, 1.82) is 0 Å². The van der Waals surface area contributed by atoms with Crippen LogP contribution in [0.3, 0.4) is 0 Å². The second-order valence-corrected chi connectivity index (χ2v) is 6.61. The van der Waals surface area contributed by atoms with Gasteiger partial charge in [0.25, 0.3) is 0 Å². The molecule has 5 atom stereocenters. The Morgan fingerprint density at radius 1 is 0.941 bits per heavy atom. The number of piperidine rings is 1. The van der Waals surface area contributed by atoms with Gasteiger partial charge in [-0.2, -0.15) is 0 Å². The van der Waals surface area contributed by atoms with Gasteiger partial charge in [-0.05, 0) is 57.9 Å². The molecule has 2 nitrogen and oxygen atoms in total. The highest BCUT2D eigenvalue weighted by molar-refractivity contribution is 4.93. The molecule has 5 unspecified atom stereocenters. The molecule has 1 aliphatic carbocycles. The van der Waals surface area contributed by atoms with Gasteiger partial charge in [0, 0.05) is 24.7 Å². The van der Waals surface area contributed by atoms with Gasteiger partial charge in [0.15, 0.2) is 0 Å². The minimum absolute atomic E-state index is 0.721. The Balaban J connectivity index is 2.05. The largest absolute Gasteiger partial charge is 0.315 e. The number of nitrogens with one attached hydrogen (secondary N) is 1. The molecule has 0 spiro atoms. The van der Waals surface area contributed by atoms with E-state index in [1.54, 1.807) is 0 Å². The van der Waals surface area contributed by atoms with Crippen LogP contribution in [0, 0.1) is 11.8 Å². The number of likely N-dealkylation sites (N-methyl/N-ethyl adjacent to an activating group) is 1. The normalized spacial score (nSPS) is 44.8. The lowest BCUT2D eigenvalue weighted by atomic mass is 9.80. The summed E-state index contributed by atoms with van der Waals surface area (Å²) in [7, 11) is 2.14. The summed E-state index contributed by atoms with van der Waals surface area (Å²) in [6.45, 7) is 8.59. The minimum atomic E-state index is 0.721. The zero-order valence-electron chi connectivity index (χ0n) is 12.1. The van der Waals surface area contributed by atoms with Crippen molar-refractivity contribution in [2.45, 2.75) is 71.0 Å². The Morgan fingerprint density at radius 3 is 2.35 bits per heavy atom. The van der Waals surface area contributed by atoms with Crippen molar-refractivity contribution in [1.82, 2.24) is 10.2 Å². The molecular formula is C15H30N2. The van der Waals surface area contributed by atoms with E-state index in [4.69, 9.17) is 0 Å². The molecule has 2 aliphatic rings. The molecule has 2 fully saturated rings. The Bertz CT molecular complexity index is 241. The van der Waals surface area contributed by atoms with Gasteiger partial charge in [0.05, 0.1) is 0 Å². The predicted molar refractivity (Wildman–Crippen MR) is 74.2 cm³/mol. The molecule has 1 N–H and O–H groups in total. The van der Waals surface area contributed by atoms with Crippen LogP contribution in [0.15, 0.2) is 0 Å². The fraction of sp³-hybridized carbons (Fsp3) is 1.00. The fourth-order valence-corrected chi connectivity index (χ4v) is 3.84. The third-order valence-electron chi connectivity index (χ3n) is 5.04. The molecule has 17 heavy (non-hydrogen) atoms. The van der Waals surface area contributed by atoms with Crippen molar-refractivity contribution < 1.29 is 0 Å². The first-order chi connectivity index (χ1) is 8.11. The summed E-state index contributed by atoms with van der Waals surface area (Å²) in [5.74, 6) is 1.80. The highest BCUT2D eigenvalue weighted by atomic mass is 15.2. The van der Waals surface area contributed by atoms with Crippen molar-refractivity contribution in [3.8, 4) is 0 Å². The highest BCUT2D eigenvalue weighted by Gasteiger charge is 2.36. The first kappa shape index (κ1) is 13.4. The number of hydrogen-bond donors (Lipinski definition) is 1. The SMILES string of the molecule is CNC1CCC(C)CC1N1CC(C)CCC1C. The number of likely N-dealkylation sites (tertiary alicyclic amines) is 1. The summed E-state index contributed by atoms with van der Waals surface area (Å²) in [4.78, 5) is 2.81. The summed E-state index contributed by atoms with van der Waals surface area (Å²) in [5.41, 5.74) is 0. The third-order valence-corrected chi connectivity index (χ3v) is 5.04. The first-order valence-corrected chi connectivity index (χ1v) is 7.54. The molecule has 0 bridgehead atoms. The Hall–Kier alpha value is -0.0800. The van der Waals surface area contributed by atoms with E-state index in [1.165, 1.54) is 38.6 Å². The molecule has 1 heterocycles. The van der Waals surface area contributed by atoms with Crippen molar-refractivity contribution in [2.24, 2.45) is 11.8 Å². The predicted octanol–water partition coefficient (Wildman–Crippen LogP) is 2.88. The van der Waals surface area contributed by atoms with Gasteiger partial charge in [-0.15, -0.1) is 0 Å². The average molecular weight is 238 g/mol. The maximum absolute atomic E-state index is 3.57. The molecule has 1 saturated heterocycles. The van der Waals surface area contributed by atoms with E-state index in [-0.39, 0.29) is 0 Å². The van der Waals surface area contributed by atoms with Crippen molar-refractivity contribution >= 4 is 0 Å². The second kappa shape index (κ2) is 5.71. The van der Waals surface area contributed by atoms with Crippen LogP contribution in [0.4, 0.5) is 0 Å². The first-order valence-electron chi connectivity index (χ1n) is 7.54. The van der Waals surface area contributed by atoms with Crippen molar-refractivity contribution in [2.75, 3.05) is 13.6 Å². The van der Waals surface area contributed by atoms with Gasteiger partial charge in [-0.3, -0.25) is 4.90 Å². The van der Waals surface area contributed by atoms with Crippen LogP contribution in [0.25, 0.3) is 0 Å². The van der Waals surface area contributed by atoms with Crippen LogP contribution < -0.4 is 5.32 Å². The Morgan fingerprint density at radius 2 is 1.65 bits per heavy atom. The van der Waals surface area contributed by atoms with E-state index in [2.05, 4.69) is 38.0 Å². The summed E-state index contributed by atoms with van der Waals surface area (Å²) >= 11 is 0. The van der Waals surface area contributed by atoms with Gasteiger partial charge in [0.2, 0.25) is 0 Å². The molecule has 0 amide bonds. The average Bonchev–Trinajstić information content (AvgIpc) is 2.32. The minimum Gasteiger partial charge on any atom is -0.315 e. The molecule has 100 valence electrons. The molecule has 0 aromatic rings. The van der Waals surface area contributed by atoms with E-state index in [0.29, 0.717) is 0 Å². The third kappa shape index (κ3) is 3.03. The summed E-state index contributed by atoms with van der Waals surface area (Å²) < 4.78 is 0. The number of rotatable bonds is 2. The van der Waals surface area contributed by atoms with Crippen LogP contribution in [0.1, 0.15) is 52.9 Å². The van der Waals surface area contributed by atoms with Gasteiger partial charge in [-0.1, -0.05) is 13.8 Å². The molecule has 1 saturated carbocycles. The maximum Gasteiger partial charge on any atom is 0.0254 e. The molecular weight excluding hydrogens is 208 g/mol. The zero-order valence-corrected chi connectivity index (χ0v) is 12.1. The Labute approximate surface area is 107 Å². The zero-order chi connectivity index (χ0) is 12.4. The van der Waals surface area contributed by atoms with Gasteiger partial charge < -0.3 is 5.32 Å². The van der Waals surface area contributed by atoms with E-state index >= 15 is 0 Å². The lowest BCUT2D eigenvalue weighted by Gasteiger charge is -2.48. The second-order valence-electron chi connectivity index (χ2n) is 6.61. The van der Waals surface area contributed by atoms with Gasteiger partial charge in [0.1, 0.15) is 0 Å². The summed E-state index contributed by atoms with van der Waals surface area (Å²) in [5, 5.41) is 3.57. The standard InChI is InChI=1S/C15H30N2/c1-11-6-8-14(16-4)15(9-11)17-10-12(2)5-7-13(17)3/h11-16H,5-10H2,1-4H3. The lowest BCUT2D eigenvalue weighted by Crippen LogP contribution is -2.57. The maximum atomic E-state index is 3.57. The van der Waals surface area contributed by atoms with E-state index in [9.17, 15) is 0 Å². The highest BCUT2D eigenvalue weighted by Crippen LogP contribution is 2.32. The number of nitrogens with zero attached hydrogens (tertiary/aromatic N) is 1. The van der Waals surface area contributed by atoms with Gasteiger partial charge in [-0.25, -0.2) is 0 Å². The fourth-order valence-electron chi connectivity index (χ4n) is 3.84. The Kier molecular flexibility index (Phi) is 4.48. The molecule has 0 aromatic carbocycles. The van der Waals surface area contributed by atoms with Gasteiger partial charge >= 0.3 is 0 Å². The monoisotopic (exact) mass is 238 g/mol.